The number of aliphatic imine (C=N–C) groups is 1. The van der Waals surface area contributed by atoms with Gasteiger partial charge in [-0.1, -0.05) is 35.0 Å². The quantitative estimate of drug-likeness (QED) is 0.630. The van der Waals surface area contributed by atoms with E-state index in [1.54, 1.807) is 0 Å². The maximum Gasteiger partial charge on any atom is 0.191 e. The lowest BCUT2D eigenvalue weighted by molar-refractivity contribution is 0.0421. The summed E-state index contributed by atoms with van der Waals surface area (Å²) in [6.45, 7) is 4.12. The Bertz CT molecular complexity index is 488. The van der Waals surface area contributed by atoms with E-state index in [2.05, 4.69) is 25.8 Å². The lowest BCUT2D eigenvalue weighted by Crippen LogP contribution is -2.43. The minimum Gasteiger partial charge on any atom is -0.383 e. The van der Waals surface area contributed by atoms with E-state index in [0.29, 0.717) is 18.9 Å². The molecule has 116 valence electrons. The predicted octanol–water partition coefficient (Wildman–Crippen LogP) is 2.41. The first-order valence-corrected chi connectivity index (χ1v) is 9.11. The highest BCUT2D eigenvalue weighted by Gasteiger charge is 2.27. The summed E-state index contributed by atoms with van der Waals surface area (Å²) in [7, 11) is 0. The van der Waals surface area contributed by atoms with Crippen molar-refractivity contribution in [2.24, 2.45) is 10.7 Å². The molecule has 1 saturated heterocycles. The first-order chi connectivity index (χ1) is 10.0. The van der Waals surface area contributed by atoms with Crippen LogP contribution in [0.4, 0.5) is 0 Å². The standard InChI is InChI=1S/C15H22BrN3OS/c1-2-15(20,12-3-5-13(16)6-4-12)11-18-14(17)19-7-9-21-10-8-19/h3-6,20H,2,7-11H2,1H3,(H2,17,18). The van der Waals surface area contributed by atoms with Crippen LogP contribution >= 0.6 is 27.7 Å². The highest BCUT2D eigenvalue weighted by Crippen LogP contribution is 2.26. The van der Waals surface area contributed by atoms with Crippen LogP contribution in [-0.2, 0) is 5.60 Å². The normalized spacial score (nSPS) is 19.4. The number of hydrogen-bond acceptors (Lipinski definition) is 3. The molecule has 1 atom stereocenters. The summed E-state index contributed by atoms with van der Waals surface area (Å²) in [5.74, 6) is 2.71. The van der Waals surface area contributed by atoms with Crippen molar-refractivity contribution < 1.29 is 5.11 Å². The van der Waals surface area contributed by atoms with Crippen LogP contribution in [0.3, 0.4) is 0 Å². The largest absolute Gasteiger partial charge is 0.383 e. The number of thioether (sulfide) groups is 1. The van der Waals surface area contributed by atoms with Gasteiger partial charge in [-0.2, -0.15) is 11.8 Å². The van der Waals surface area contributed by atoms with Gasteiger partial charge in [0.25, 0.3) is 0 Å². The van der Waals surface area contributed by atoms with Crippen LogP contribution in [0.25, 0.3) is 0 Å². The number of nitrogens with zero attached hydrogens (tertiary/aromatic N) is 2. The van der Waals surface area contributed by atoms with Crippen LogP contribution in [0.1, 0.15) is 18.9 Å². The van der Waals surface area contributed by atoms with Crippen molar-refractivity contribution in [2.45, 2.75) is 18.9 Å². The van der Waals surface area contributed by atoms with Crippen molar-refractivity contribution in [3.05, 3.63) is 34.3 Å². The van der Waals surface area contributed by atoms with Gasteiger partial charge < -0.3 is 15.7 Å². The number of benzene rings is 1. The first kappa shape index (κ1) is 16.6. The molecule has 6 heteroatoms. The topological polar surface area (TPSA) is 61.9 Å². The zero-order valence-corrected chi connectivity index (χ0v) is 14.7. The van der Waals surface area contributed by atoms with E-state index in [4.69, 9.17) is 5.73 Å². The van der Waals surface area contributed by atoms with Gasteiger partial charge >= 0.3 is 0 Å². The third-order valence-corrected chi connectivity index (χ3v) is 5.28. The molecular formula is C15H22BrN3OS. The molecule has 3 N–H and O–H groups in total. The Labute approximate surface area is 138 Å². The molecule has 1 unspecified atom stereocenters. The molecule has 1 aromatic rings. The number of guanidine groups is 1. The molecule has 1 heterocycles. The van der Waals surface area contributed by atoms with E-state index in [0.717, 1.165) is 34.6 Å². The second-order valence-corrected chi connectivity index (χ2v) is 7.31. The van der Waals surface area contributed by atoms with Gasteiger partial charge in [0.1, 0.15) is 5.60 Å². The van der Waals surface area contributed by atoms with E-state index in [1.807, 2.05) is 43.0 Å². The molecule has 1 aliphatic rings. The first-order valence-electron chi connectivity index (χ1n) is 7.16. The highest BCUT2D eigenvalue weighted by molar-refractivity contribution is 9.10. The SMILES string of the molecule is CCC(O)(CN=C(N)N1CCSCC1)c1ccc(Br)cc1. The zero-order chi connectivity index (χ0) is 15.3. The van der Waals surface area contributed by atoms with Crippen molar-refractivity contribution in [3.8, 4) is 0 Å². The van der Waals surface area contributed by atoms with E-state index >= 15 is 0 Å². The van der Waals surface area contributed by atoms with E-state index < -0.39 is 5.60 Å². The van der Waals surface area contributed by atoms with E-state index in [9.17, 15) is 5.11 Å². The van der Waals surface area contributed by atoms with Gasteiger partial charge in [-0.3, -0.25) is 0 Å². The monoisotopic (exact) mass is 371 g/mol. The molecule has 4 nitrogen and oxygen atoms in total. The Morgan fingerprint density at radius 3 is 2.57 bits per heavy atom. The average Bonchev–Trinajstić information content (AvgIpc) is 2.53. The third-order valence-electron chi connectivity index (χ3n) is 3.80. The van der Waals surface area contributed by atoms with Crippen molar-refractivity contribution in [3.63, 3.8) is 0 Å². The van der Waals surface area contributed by atoms with Gasteiger partial charge in [0.05, 0.1) is 6.54 Å². The van der Waals surface area contributed by atoms with Crippen LogP contribution in [0.5, 0.6) is 0 Å². The molecule has 1 aromatic carbocycles. The third kappa shape index (κ3) is 4.37. The fourth-order valence-corrected chi connectivity index (χ4v) is 3.44. The maximum absolute atomic E-state index is 10.8. The van der Waals surface area contributed by atoms with Crippen LogP contribution < -0.4 is 5.73 Å². The Kier molecular flexibility index (Phi) is 5.96. The highest BCUT2D eigenvalue weighted by atomic mass is 79.9. The maximum atomic E-state index is 10.8. The van der Waals surface area contributed by atoms with Crippen LogP contribution in [0.2, 0.25) is 0 Å². The Hall–Kier alpha value is -0.720. The average molecular weight is 372 g/mol. The summed E-state index contributed by atoms with van der Waals surface area (Å²) >= 11 is 5.35. The van der Waals surface area contributed by atoms with Gasteiger partial charge in [0.15, 0.2) is 5.96 Å². The number of aliphatic hydroxyl groups is 1. The summed E-state index contributed by atoms with van der Waals surface area (Å²) in [6.07, 6.45) is 0.598. The molecule has 0 radical (unpaired) electrons. The fraction of sp³-hybridized carbons (Fsp3) is 0.533. The molecule has 1 aliphatic heterocycles. The molecule has 0 saturated carbocycles. The number of nitrogens with two attached hydrogens (primary N) is 1. The molecule has 2 rings (SSSR count). The number of rotatable bonds is 4. The molecule has 21 heavy (non-hydrogen) atoms. The molecule has 1 fully saturated rings. The number of hydrogen-bond donors (Lipinski definition) is 2. The van der Waals surface area contributed by atoms with Crippen molar-refractivity contribution in [1.82, 2.24) is 4.90 Å². The minimum atomic E-state index is -0.962. The van der Waals surface area contributed by atoms with E-state index in [-0.39, 0.29) is 0 Å². The summed E-state index contributed by atoms with van der Waals surface area (Å²) in [5.41, 5.74) is 5.97. The summed E-state index contributed by atoms with van der Waals surface area (Å²) < 4.78 is 0.999. The second kappa shape index (κ2) is 7.51. The van der Waals surface area contributed by atoms with Gasteiger partial charge in [0.2, 0.25) is 0 Å². The summed E-state index contributed by atoms with van der Waals surface area (Å²) in [4.78, 5) is 6.53. The minimum absolute atomic E-state index is 0.292. The lowest BCUT2D eigenvalue weighted by Gasteiger charge is -2.29. The van der Waals surface area contributed by atoms with Crippen LogP contribution in [0, 0.1) is 0 Å². The number of halogens is 1. The summed E-state index contributed by atoms with van der Waals surface area (Å²) in [6, 6.07) is 7.73. The molecule has 0 aliphatic carbocycles. The Morgan fingerprint density at radius 2 is 2.00 bits per heavy atom. The van der Waals surface area contributed by atoms with Gasteiger partial charge in [-0.25, -0.2) is 4.99 Å². The molecule has 0 amide bonds. The van der Waals surface area contributed by atoms with Crippen molar-refractivity contribution in [1.29, 1.82) is 0 Å². The molecule has 0 bridgehead atoms. The molecule has 0 spiro atoms. The fourth-order valence-electron chi connectivity index (χ4n) is 2.27. The zero-order valence-electron chi connectivity index (χ0n) is 12.3. The lowest BCUT2D eigenvalue weighted by atomic mass is 9.91. The Morgan fingerprint density at radius 1 is 1.38 bits per heavy atom. The van der Waals surface area contributed by atoms with Crippen LogP contribution in [0.15, 0.2) is 33.7 Å². The van der Waals surface area contributed by atoms with Gasteiger partial charge in [0, 0.05) is 29.1 Å². The Balaban J connectivity index is 2.08. The predicted molar refractivity (Wildman–Crippen MR) is 93.7 cm³/mol. The van der Waals surface area contributed by atoms with E-state index in [1.165, 1.54) is 0 Å². The van der Waals surface area contributed by atoms with Crippen LogP contribution in [-0.4, -0.2) is 47.1 Å². The van der Waals surface area contributed by atoms with Crippen molar-refractivity contribution in [2.75, 3.05) is 31.1 Å². The van der Waals surface area contributed by atoms with Gasteiger partial charge in [-0.15, -0.1) is 0 Å². The van der Waals surface area contributed by atoms with Crippen molar-refractivity contribution >= 4 is 33.7 Å². The van der Waals surface area contributed by atoms with Gasteiger partial charge in [-0.05, 0) is 24.1 Å². The summed E-state index contributed by atoms with van der Waals surface area (Å²) in [5, 5.41) is 10.8. The molecule has 0 aromatic heterocycles. The smallest absolute Gasteiger partial charge is 0.191 e. The molecular weight excluding hydrogens is 350 g/mol. The second-order valence-electron chi connectivity index (χ2n) is 5.17.